The van der Waals surface area contributed by atoms with E-state index in [9.17, 15) is 4.79 Å². The highest BCUT2D eigenvalue weighted by Crippen LogP contribution is 2.29. The van der Waals surface area contributed by atoms with Gasteiger partial charge in [-0.1, -0.05) is 0 Å². The third-order valence-corrected chi connectivity index (χ3v) is 5.51. The number of hydrogen-bond donors (Lipinski definition) is 2. The Morgan fingerprint density at radius 1 is 1.21 bits per heavy atom. The van der Waals surface area contributed by atoms with Gasteiger partial charge in [0.2, 0.25) is 5.88 Å². The predicted molar refractivity (Wildman–Crippen MR) is 113 cm³/mol. The fourth-order valence-corrected chi connectivity index (χ4v) is 3.76. The van der Waals surface area contributed by atoms with E-state index in [0.717, 1.165) is 25.3 Å². The first kappa shape index (κ1) is 20.1. The molecule has 0 aliphatic carbocycles. The zero-order chi connectivity index (χ0) is 20.1. The summed E-state index contributed by atoms with van der Waals surface area (Å²) >= 11 is 3.24. The van der Waals surface area contributed by atoms with Gasteiger partial charge in [-0.15, -0.1) is 0 Å². The molecule has 2 aromatic rings. The molecule has 2 aliphatic heterocycles. The van der Waals surface area contributed by atoms with E-state index < -0.39 is 0 Å². The number of aromatic nitrogens is 3. The summed E-state index contributed by atoms with van der Waals surface area (Å²) in [5.74, 6) is 1.11. The van der Waals surface area contributed by atoms with Crippen LogP contribution >= 0.6 is 15.9 Å². The summed E-state index contributed by atoms with van der Waals surface area (Å²) in [6.45, 7) is 3.89. The summed E-state index contributed by atoms with van der Waals surface area (Å²) in [5, 5.41) is 6.87. The van der Waals surface area contributed by atoms with Crippen molar-refractivity contribution in [2.45, 2.75) is 25.8 Å². The maximum atomic E-state index is 12.6. The Labute approximate surface area is 177 Å². The van der Waals surface area contributed by atoms with E-state index in [4.69, 9.17) is 9.73 Å². The van der Waals surface area contributed by atoms with Crippen molar-refractivity contribution in [3.8, 4) is 5.88 Å². The average molecular weight is 459 g/mol. The van der Waals surface area contributed by atoms with Crippen LogP contribution in [0.25, 0.3) is 0 Å². The van der Waals surface area contributed by atoms with Gasteiger partial charge in [-0.05, 0) is 60.4 Å². The first-order chi connectivity index (χ1) is 14.2. The van der Waals surface area contributed by atoms with Crippen molar-refractivity contribution in [3.63, 3.8) is 0 Å². The lowest BCUT2D eigenvalue weighted by Gasteiger charge is -2.23. The number of halogens is 1. The number of hydrogen-bond acceptors (Lipinski definition) is 8. The zero-order valence-corrected chi connectivity index (χ0v) is 17.6. The van der Waals surface area contributed by atoms with Gasteiger partial charge in [-0.3, -0.25) is 14.8 Å². The minimum absolute atomic E-state index is 0.0393. The van der Waals surface area contributed by atoms with Gasteiger partial charge in [0, 0.05) is 18.3 Å². The van der Waals surface area contributed by atoms with Gasteiger partial charge < -0.3 is 15.4 Å². The molecule has 0 aromatic carbocycles. The zero-order valence-electron chi connectivity index (χ0n) is 16.0. The molecule has 9 heteroatoms. The average Bonchev–Trinajstić information content (AvgIpc) is 2.74. The second-order valence-electron chi connectivity index (χ2n) is 7.22. The molecule has 4 heterocycles. The smallest absolute Gasteiger partial charge is 0.232 e. The molecule has 0 amide bonds. The van der Waals surface area contributed by atoms with Crippen molar-refractivity contribution in [1.82, 2.24) is 25.6 Å². The van der Waals surface area contributed by atoms with Crippen LogP contribution in [0.3, 0.4) is 0 Å². The lowest BCUT2D eigenvalue weighted by atomic mass is 9.98. The number of ketones is 1. The fourth-order valence-electron chi connectivity index (χ4n) is 3.55. The Hall–Kier alpha value is -2.23. The molecule has 152 valence electrons. The molecule has 1 saturated heterocycles. The number of carbonyl (C=O) groups excluding carboxylic acids is 1. The van der Waals surface area contributed by atoms with Crippen molar-refractivity contribution >= 4 is 33.1 Å². The third-order valence-electron chi connectivity index (χ3n) is 5.10. The lowest BCUT2D eigenvalue weighted by Crippen LogP contribution is -2.33. The van der Waals surface area contributed by atoms with Crippen LogP contribution in [0.4, 0.5) is 5.69 Å². The Morgan fingerprint density at radius 2 is 2.07 bits per heavy atom. The highest BCUT2D eigenvalue weighted by atomic mass is 79.9. The monoisotopic (exact) mass is 458 g/mol. The SMILES string of the molecule is O=C1CC(COc2cnc(Br)cn2)=Nc2c1ccnc2CNCC1CCNCC1. The van der Waals surface area contributed by atoms with E-state index in [0.29, 0.717) is 39.9 Å². The van der Waals surface area contributed by atoms with Crippen LogP contribution in [0, 0.1) is 5.92 Å². The van der Waals surface area contributed by atoms with Crippen molar-refractivity contribution in [1.29, 1.82) is 0 Å². The number of aliphatic imine (C=N–C) groups is 1. The van der Waals surface area contributed by atoms with Gasteiger partial charge in [-0.2, -0.15) is 0 Å². The topological polar surface area (TPSA) is 101 Å². The number of piperidine rings is 1. The molecule has 0 unspecified atom stereocenters. The Balaban J connectivity index is 1.42. The summed E-state index contributed by atoms with van der Waals surface area (Å²) in [5.41, 5.74) is 2.75. The van der Waals surface area contributed by atoms with Gasteiger partial charge in [0.1, 0.15) is 11.2 Å². The molecule has 2 N–H and O–H groups in total. The molecule has 2 aliphatic rings. The van der Waals surface area contributed by atoms with E-state index in [-0.39, 0.29) is 18.8 Å². The fraction of sp³-hybridized carbons (Fsp3) is 0.450. The van der Waals surface area contributed by atoms with Crippen LogP contribution in [0.1, 0.15) is 35.3 Å². The Kier molecular flexibility index (Phi) is 6.58. The summed E-state index contributed by atoms with van der Waals surface area (Å²) in [6, 6.07) is 1.75. The van der Waals surface area contributed by atoms with Crippen molar-refractivity contribution in [3.05, 3.63) is 40.5 Å². The van der Waals surface area contributed by atoms with Gasteiger partial charge >= 0.3 is 0 Å². The maximum absolute atomic E-state index is 12.6. The standard InChI is InChI=1S/C20H23BrN6O2/c21-18-10-26-19(11-25-18)29-12-14-7-17(28)15-3-6-24-16(20(15)27-14)9-23-8-13-1-4-22-5-2-13/h3,6,10-11,13,22-23H,1-2,4-5,7-9,12H2. The van der Waals surface area contributed by atoms with Crippen molar-refractivity contribution < 1.29 is 9.53 Å². The van der Waals surface area contributed by atoms with Gasteiger partial charge in [0.05, 0.1) is 35.9 Å². The molecule has 0 atom stereocenters. The molecule has 0 radical (unpaired) electrons. The summed E-state index contributed by atoms with van der Waals surface area (Å²) in [4.78, 5) is 30.0. The number of fused-ring (bicyclic) bond motifs is 1. The van der Waals surface area contributed by atoms with Gasteiger partial charge in [-0.25, -0.2) is 9.97 Å². The van der Waals surface area contributed by atoms with Gasteiger partial charge in [0.25, 0.3) is 0 Å². The Bertz CT molecular complexity index is 896. The second-order valence-corrected chi connectivity index (χ2v) is 8.03. The first-order valence-electron chi connectivity index (χ1n) is 9.78. The number of carbonyl (C=O) groups is 1. The summed E-state index contributed by atoms with van der Waals surface area (Å²) in [6.07, 6.45) is 7.39. The summed E-state index contributed by atoms with van der Waals surface area (Å²) in [7, 11) is 0. The van der Waals surface area contributed by atoms with Crippen LogP contribution in [0.2, 0.25) is 0 Å². The minimum atomic E-state index is 0.0393. The molecule has 0 bridgehead atoms. The molecule has 29 heavy (non-hydrogen) atoms. The summed E-state index contributed by atoms with van der Waals surface area (Å²) < 4.78 is 6.28. The normalized spacial score (nSPS) is 17.0. The number of pyridine rings is 1. The molecule has 4 rings (SSSR count). The van der Waals surface area contributed by atoms with Crippen LogP contribution in [0.5, 0.6) is 5.88 Å². The van der Waals surface area contributed by atoms with Crippen molar-refractivity contribution in [2.75, 3.05) is 26.2 Å². The number of rotatable bonds is 7. The van der Waals surface area contributed by atoms with E-state index in [1.54, 1.807) is 18.5 Å². The van der Waals surface area contributed by atoms with Crippen LogP contribution < -0.4 is 15.4 Å². The molecule has 8 nitrogen and oxygen atoms in total. The maximum Gasteiger partial charge on any atom is 0.232 e. The number of nitrogens with one attached hydrogen (secondary N) is 2. The molecular weight excluding hydrogens is 436 g/mol. The largest absolute Gasteiger partial charge is 0.470 e. The van der Waals surface area contributed by atoms with E-state index in [1.165, 1.54) is 19.0 Å². The van der Waals surface area contributed by atoms with E-state index in [1.807, 2.05) is 0 Å². The second kappa shape index (κ2) is 9.51. The molecule has 0 spiro atoms. The molecule has 1 fully saturated rings. The van der Waals surface area contributed by atoms with Crippen molar-refractivity contribution in [2.24, 2.45) is 10.9 Å². The number of nitrogens with zero attached hydrogens (tertiary/aromatic N) is 4. The lowest BCUT2D eigenvalue weighted by molar-refractivity contribution is 0.0998. The number of Topliss-reactive ketones (excluding diaryl/α,β-unsaturated/α-hetero) is 1. The molecule has 2 aromatic heterocycles. The highest BCUT2D eigenvalue weighted by Gasteiger charge is 2.23. The third kappa shape index (κ3) is 5.23. The predicted octanol–water partition coefficient (Wildman–Crippen LogP) is 2.46. The quantitative estimate of drug-likeness (QED) is 0.656. The molecule has 0 saturated carbocycles. The highest BCUT2D eigenvalue weighted by molar-refractivity contribution is 9.10. The first-order valence-corrected chi connectivity index (χ1v) is 10.6. The van der Waals surface area contributed by atoms with E-state index >= 15 is 0 Å². The van der Waals surface area contributed by atoms with E-state index in [2.05, 4.69) is 41.5 Å². The number of ether oxygens (including phenoxy) is 1. The van der Waals surface area contributed by atoms with Crippen LogP contribution in [-0.2, 0) is 6.54 Å². The van der Waals surface area contributed by atoms with Crippen LogP contribution in [-0.4, -0.2) is 52.7 Å². The minimum Gasteiger partial charge on any atom is -0.470 e. The van der Waals surface area contributed by atoms with Gasteiger partial charge in [0.15, 0.2) is 5.78 Å². The van der Waals surface area contributed by atoms with Crippen LogP contribution in [0.15, 0.2) is 34.3 Å². The molecular formula is C20H23BrN6O2. The Morgan fingerprint density at radius 3 is 2.86 bits per heavy atom.